The van der Waals surface area contributed by atoms with Gasteiger partial charge in [-0.25, -0.2) is 0 Å². The maximum Gasteiger partial charge on any atom is 0.0845 e. The van der Waals surface area contributed by atoms with Crippen LogP contribution in [-0.2, 0) is 4.74 Å². The lowest BCUT2D eigenvalue weighted by Crippen LogP contribution is -2.49. The number of rotatable bonds is 5. The van der Waals surface area contributed by atoms with Crippen molar-refractivity contribution in [3.63, 3.8) is 0 Å². The number of hydrogen-bond donors (Lipinski definition) is 1. The van der Waals surface area contributed by atoms with Crippen LogP contribution in [0.5, 0.6) is 0 Å². The van der Waals surface area contributed by atoms with Crippen LogP contribution in [0.1, 0.15) is 40.0 Å². The highest BCUT2D eigenvalue weighted by Crippen LogP contribution is 2.31. The van der Waals surface area contributed by atoms with Crippen molar-refractivity contribution in [1.82, 2.24) is 5.32 Å². The van der Waals surface area contributed by atoms with E-state index in [0.717, 1.165) is 26.0 Å². The Hall–Kier alpha value is -0.340. The van der Waals surface area contributed by atoms with Crippen LogP contribution in [-0.4, -0.2) is 24.8 Å². The molecule has 2 atom stereocenters. The summed E-state index contributed by atoms with van der Waals surface area (Å²) in [7, 11) is 0. The predicted octanol–water partition coefficient (Wildman–Crippen LogP) is 2.50. The van der Waals surface area contributed by atoms with E-state index in [1.165, 1.54) is 12.0 Å². The molecule has 1 aliphatic heterocycles. The fourth-order valence-corrected chi connectivity index (χ4v) is 2.23. The Labute approximate surface area is 87.7 Å². The number of nitrogens with one attached hydrogen (secondary N) is 1. The van der Waals surface area contributed by atoms with Gasteiger partial charge in [-0.2, -0.15) is 0 Å². The predicted molar refractivity (Wildman–Crippen MR) is 60.5 cm³/mol. The third kappa shape index (κ3) is 2.58. The van der Waals surface area contributed by atoms with Gasteiger partial charge in [0.05, 0.1) is 11.6 Å². The molecule has 0 aliphatic carbocycles. The molecule has 0 radical (unpaired) electrons. The van der Waals surface area contributed by atoms with Crippen molar-refractivity contribution in [2.75, 3.05) is 13.2 Å². The van der Waals surface area contributed by atoms with Crippen LogP contribution in [0.3, 0.4) is 0 Å². The third-order valence-electron chi connectivity index (χ3n) is 2.95. The van der Waals surface area contributed by atoms with Crippen LogP contribution in [0.15, 0.2) is 12.2 Å². The molecule has 1 saturated heterocycles. The Balaban J connectivity index is 2.61. The number of ether oxygens (including phenoxy) is 1. The van der Waals surface area contributed by atoms with E-state index in [1.54, 1.807) is 0 Å². The SMILES string of the molecule is C=C(C)C(NCCC)C1(C)CCCO1. The first-order valence-corrected chi connectivity index (χ1v) is 5.63. The lowest BCUT2D eigenvalue weighted by atomic mass is 9.88. The van der Waals surface area contributed by atoms with Crippen molar-refractivity contribution in [3.05, 3.63) is 12.2 Å². The van der Waals surface area contributed by atoms with E-state index < -0.39 is 0 Å². The molecule has 0 aromatic rings. The zero-order chi connectivity index (χ0) is 10.6. The molecular weight excluding hydrogens is 174 g/mol. The summed E-state index contributed by atoms with van der Waals surface area (Å²) in [5.74, 6) is 0. The van der Waals surface area contributed by atoms with Gasteiger partial charge in [-0.15, -0.1) is 0 Å². The highest BCUT2D eigenvalue weighted by Gasteiger charge is 2.38. The van der Waals surface area contributed by atoms with E-state index in [9.17, 15) is 0 Å². The topological polar surface area (TPSA) is 21.3 Å². The maximum absolute atomic E-state index is 5.84. The summed E-state index contributed by atoms with van der Waals surface area (Å²) in [4.78, 5) is 0. The van der Waals surface area contributed by atoms with E-state index in [2.05, 4.69) is 32.7 Å². The molecule has 2 nitrogen and oxygen atoms in total. The molecule has 1 rings (SSSR count). The van der Waals surface area contributed by atoms with E-state index >= 15 is 0 Å². The minimum atomic E-state index is -0.0268. The minimum Gasteiger partial charge on any atom is -0.373 e. The minimum absolute atomic E-state index is 0.0268. The van der Waals surface area contributed by atoms with Crippen molar-refractivity contribution in [1.29, 1.82) is 0 Å². The molecule has 0 aromatic heterocycles. The van der Waals surface area contributed by atoms with Gasteiger partial charge < -0.3 is 10.1 Å². The second-order valence-electron chi connectivity index (χ2n) is 4.50. The lowest BCUT2D eigenvalue weighted by Gasteiger charge is -2.34. The first kappa shape index (κ1) is 11.7. The molecule has 0 bridgehead atoms. The van der Waals surface area contributed by atoms with Gasteiger partial charge in [-0.05, 0) is 39.7 Å². The van der Waals surface area contributed by atoms with Crippen molar-refractivity contribution in [2.24, 2.45) is 0 Å². The quantitative estimate of drug-likeness (QED) is 0.684. The zero-order valence-electron chi connectivity index (χ0n) is 9.73. The molecule has 2 heteroatoms. The molecular formula is C12H23NO. The molecule has 0 saturated carbocycles. The fourth-order valence-electron chi connectivity index (χ4n) is 2.23. The normalized spacial score (nSPS) is 29.1. The van der Waals surface area contributed by atoms with Crippen LogP contribution in [0.25, 0.3) is 0 Å². The zero-order valence-corrected chi connectivity index (χ0v) is 9.73. The van der Waals surface area contributed by atoms with Crippen LogP contribution in [0.2, 0.25) is 0 Å². The first-order valence-electron chi connectivity index (χ1n) is 5.63. The van der Waals surface area contributed by atoms with Gasteiger partial charge in [0, 0.05) is 6.61 Å². The van der Waals surface area contributed by atoms with Gasteiger partial charge in [0.25, 0.3) is 0 Å². The third-order valence-corrected chi connectivity index (χ3v) is 2.95. The van der Waals surface area contributed by atoms with Gasteiger partial charge in [-0.1, -0.05) is 19.1 Å². The van der Waals surface area contributed by atoms with E-state index in [0.29, 0.717) is 6.04 Å². The molecule has 0 spiro atoms. The molecule has 1 aliphatic rings. The van der Waals surface area contributed by atoms with Crippen LogP contribution in [0, 0.1) is 0 Å². The van der Waals surface area contributed by atoms with Crippen LogP contribution >= 0.6 is 0 Å². The summed E-state index contributed by atoms with van der Waals surface area (Å²) in [5, 5.41) is 3.53. The Kier molecular flexibility index (Phi) is 4.14. The molecule has 1 fully saturated rings. The maximum atomic E-state index is 5.84. The lowest BCUT2D eigenvalue weighted by molar-refractivity contribution is -0.00147. The largest absolute Gasteiger partial charge is 0.373 e. The summed E-state index contributed by atoms with van der Waals surface area (Å²) in [6.07, 6.45) is 3.47. The summed E-state index contributed by atoms with van der Waals surface area (Å²) < 4.78 is 5.84. The summed E-state index contributed by atoms with van der Waals surface area (Å²) in [6.45, 7) is 12.5. The Morgan fingerprint density at radius 1 is 1.64 bits per heavy atom. The summed E-state index contributed by atoms with van der Waals surface area (Å²) >= 11 is 0. The van der Waals surface area contributed by atoms with Crippen molar-refractivity contribution >= 4 is 0 Å². The van der Waals surface area contributed by atoms with Gasteiger partial charge in [0.2, 0.25) is 0 Å². The van der Waals surface area contributed by atoms with E-state index in [1.807, 2.05) is 0 Å². The Morgan fingerprint density at radius 3 is 2.79 bits per heavy atom. The van der Waals surface area contributed by atoms with Crippen LogP contribution in [0.4, 0.5) is 0 Å². The monoisotopic (exact) mass is 197 g/mol. The summed E-state index contributed by atoms with van der Waals surface area (Å²) in [6, 6.07) is 0.310. The average Bonchev–Trinajstić information content (AvgIpc) is 2.53. The van der Waals surface area contributed by atoms with Gasteiger partial charge in [-0.3, -0.25) is 0 Å². The highest BCUT2D eigenvalue weighted by molar-refractivity contribution is 5.11. The molecule has 82 valence electrons. The standard InChI is InChI=1S/C12H23NO/c1-5-8-13-11(10(2)3)12(4)7-6-9-14-12/h11,13H,2,5-9H2,1,3-4H3. The first-order chi connectivity index (χ1) is 6.60. The van der Waals surface area contributed by atoms with Crippen molar-refractivity contribution < 1.29 is 4.74 Å². The van der Waals surface area contributed by atoms with Gasteiger partial charge >= 0.3 is 0 Å². The molecule has 14 heavy (non-hydrogen) atoms. The molecule has 1 heterocycles. The summed E-state index contributed by atoms with van der Waals surface area (Å²) in [5.41, 5.74) is 1.16. The molecule has 1 N–H and O–H groups in total. The number of hydrogen-bond acceptors (Lipinski definition) is 2. The van der Waals surface area contributed by atoms with Gasteiger partial charge in [0.15, 0.2) is 0 Å². The average molecular weight is 197 g/mol. The van der Waals surface area contributed by atoms with Crippen molar-refractivity contribution in [3.8, 4) is 0 Å². The van der Waals surface area contributed by atoms with Gasteiger partial charge in [0.1, 0.15) is 0 Å². The van der Waals surface area contributed by atoms with Crippen LogP contribution < -0.4 is 5.32 Å². The molecule has 2 unspecified atom stereocenters. The molecule has 0 amide bonds. The Bertz CT molecular complexity index is 194. The van der Waals surface area contributed by atoms with E-state index in [-0.39, 0.29) is 5.60 Å². The Morgan fingerprint density at radius 2 is 2.36 bits per heavy atom. The second kappa shape index (κ2) is 4.94. The highest BCUT2D eigenvalue weighted by atomic mass is 16.5. The second-order valence-corrected chi connectivity index (χ2v) is 4.50. The molecule has 0 aromatic carbocycles. The van der Waals surface area contributed by atoms with Crippen molar-refractivity contribution in [2.45, 2.75) is 51.7 Å². The fraction of sp³-hybridized carbons (Fsp3) is 0.833. The smallest absolute Gasteiger partial charge is 0.0845 e. The van der Waals surface area contributed by atoms with E-state index in [4.69, 9.17) is 4.74 Å².